The fraction of sp³-hybridized carbons (Fsp3) is 0.611. The lowest BCUT2D eigenvalue weighted by Crippen LogP contribution is -2.50. The zero-order valence-corrected chi connectivity index (χ0v) is 16.5. The zero-order valence-electron chi connectivity index (χ0n) is 14.9. The predicted octanol–water partition coefficient (Wildman–Crippen LogP) is 2.25. The van der Waals surface area contributed by atoms with Gasteiger partial charge in [-0.1, -0.05) is 22.0 Å². The molecule has 1 heterocycles. The number of benzene rings is 1. The van der Waals surface area contributed by atoms with Crippen LogP contribution in [0.15, 0.2) is 22.7 Å². The van der Waals surface area contributed by atoms with Gasteiger partial charge in [0, 0.05) is 62.5 Å². The van der Waals surface area contributed by atoms with Gasteiger partial charge < -0.3 is 10.1 Å². The van der Waals surface area contributed by atoms with Gasteiger partial charge in [-0.05, 0) is 25.5 Å². The normalized spacial score (nSPS) is 17.4. The highest BCUT2D eigenvalue weighted by Gasteiger charge is 2.20. The Morgan fingerprint density at radius 1 is 1.32 bits per heavy atom. The highest BCUT2D eigenvalue weighted by atomic mass is 79.9. The Balaban J connectivity index is 1.71. The maximum Gasteiger partial charge on any atom is 0.234 e. The monoisotopic (exact) mass is 415 g/mol. The highest BCUT2D eigenvalue weighted by Crippen LogP contribution is 2.17. The third kappa shape index (κ3) is 7.01. The molecule has 0 bridgehead atoms. The molecule has 1 fully saturated rings. The van der Waals surface area contributed by atoms with Crippen LogP contribution < -0.4 is 5.32 Å². The second-order valence-corrected chi connectivity index (χ2v) is 7.45. The van der Waals surface area contributed by atoms with Gasteiger partial charge in [-0.2, -0.15) is 0 Å². The van der Waals surface area contributed by atoms with Gasteiger partial charge in [0.1, 0.15) is 5.82 Å². The van der Waals surface area contributed by atoms with Gasteiger partial charge in [0.15, 0.2) is 0 Å². The molecule has 1 aliphatic rings. The molecule has 1 amide bonds. The molecule has 140 valence electrons. The molecule has 0 radical (unpaired) electrons. The van der Waals surface area contributed by atoms with E-state index in [4.69, 9.17) is 4.74 Å². The van der Waals surface area contributed by atoms with Crippen LogP contribution in [0.3, 0.4) is 0 Å². The molecule has 1 saturated heterocycles. The Morgan fingerprint density at radius 3 is 2.64 bits per heavy atom. The number of hydrogen-bond donors (Lipinski definition) is 1. The maximum atomic E-state index is 13.9. The van der Waals surface area contributed by atoms with E-state index in [1.807, 2.05) is 19.1 Å². The molecule has 25 heavy (non-hydrogen) atoms. The molecule has 1 unspecified atom stereocenters. The molecule has 1 atom stereocenters. The Kier molecular flexibility index (Phi) is 8.29. The molecule has 5 nitrogen and oxygen atoms in total. The summed E-state index contributed by atoms with van der Waals surface area (Å²) in [5.41, 5.74) is 0.710. The summed E-state index contributed by atoms with van der Waals surface area (Å²) in [6, 6.07) is 5.31. The van der Waals surface area contributed by atoms with Crippen molar-refractivity contribution in [3.05, 3.63) is 34.1 Å². The molecule has 1 aromatic carbocycles. The second kappa shape index (κ2) is 10.2. The van der Waals surface area contributed by atoms with Crippen molar-refractivity contribution in [1.82, 2.24) is 15.1 Å². The highest BCUT2D eigenvalue weighted by molar-refractivity contribution is 9.10. The lowest BCUT2D eigenvalue weighted by molar-refractivity contribution is -0.123. The Morgan fingerprint density at radius 2 is 2.00 bits per heavy atom. The van der Waals surface area contributed by atoms with Crippen LogP contribution in [0.5, 0.6) is 0 Å². The number of nitrogens with one attached hydrogen (secondary N) is 1. The average molecular weight is 416 g/mol. The van der Waals surface area contributed by atoms with Crippen LogP contribution in [0.1, 0.15) is 18.9 Å². The van der Waals surface area contributed by atoms with E-state index in [1.54, 1.807) is 7.11 Å². The van der Waals surface area contributed by atoms with Crippen molar-refractivity contribution in [2.75, 3.05) is 46.4 Å². The predicted molar refractivity (Wildman–Crippen MR) is 99.9 cm³/mol. The van der Waals surface area contributed by atoms with Gasteiger partial charge in [-0.25, -0.2) is 4.39 Å². The van der Waals surface area contributed by atoms with Gasteiger partial charge in [0.05, 0.1) is 6.54 Å². The molecular weight excluding hydrogens is 389 g/mol. The van der Waals surface area contributed by atoms with Gasteiger partial charge in [0.2, 0.25) is 5.91 Å². The quantitative estimate of drug-likeness (QED) is 0.706. The SMILES string of the molecule is COCCC(C)NC(=O)CN1CCN(Cc2ccc(Br)cc2F)CC1. The molecule has 1 aliphatic heterocycles. The fourth-order valence-electron chi connectivity index (χ4n) is 2.89. The fourth-order valence-corrected chi connectivity index (χ4v) is 3.22. The molecule has 0 saturated carbocycles. The summed E-state index contributed by atoms with van der Waals surface area (Å²) in [7, 11) is 1.66. The van der Waals surface area contributed by atoms with E-state index in [9.17, 15) is 9.18 Å². The van der Waals surface area contributed by atoms with Crippen molar-refractivity contribution in [2.45, 2.75) is 25.9 Å². The zero-order chi connectivity index (χ0) is 18.2. The van der Waals surface area contributed by atoms with Crippen LogP contribution in [0.2, 0.25) is 0 Å². The summed E-state index contributed by atoms with van der Waals surface area (Å²) in [5.74, 6) is -0.128. The van der Waals surface area contributed by atoms with Gasteiger partial charge in [0.25, 0.3) is 0 Å². The van der Waals surface area contributed by atoms with Crippen molar-refractivity contribution in [2.24, 2.45) is 0 Å². The first-order valence-corrected chi connectivity index (χ1v) is 9.44. The summed E-state index contributed by atoms with van der Waals surface area (Å²) in [6.45, 7) is 6.96. The van der Waals surface area contributed by atoms with Crippen LogP contribution in [0.4, 0.5) is 4.39 Å². The smallest absolute Gasteiger partial charge is 0.234 e. The van der Waals surface area contributed by atoms with Crippen LogP contribution in [0, 0.1) is 5.82 Å². The summed E-state index contributed by atoms with van der Waals surface area (Å²) in [6.07, 6.45) is 0.814. The third-order valence-corrected chi connectivity index (χ3v) is 4.90. The van der Waals surface area contributed by atoms with Crippen LogP contribution >= 0.6 is 15.9 Å². The minimum absolute atomic E-state index is 0.0519. The number of carbonyl (C=O) groups is 1. The van der Waals surface area contributed by atoms with Crippen molar-refractivity contribution in [1.29, 1.82) is 0 Å². The van der Waals surface area contributed by atoms with Crippen molar-refractivity contribution in [3.63, 3.8) is 0 Å². The number of carbonyl (C=O) groups excluding carboxylic acids is 1. The number of hydrogen-bond acceptors (Lipinski definition) is 4. The number of nitrogens with zero attached hydrogens (tertiary/aromatic N) is 2. The van der Waals surface area contributed by atoms with E-state index < -0.39 is 0 Å². The number of piperazine rings is 1. The summed E-state index contributed by atoms with van der Waals surface area (Å²) in [4.78, 5) is 16.4. The lowest BCUT2D eigenvalue weighted by atomic mass is 10.2. The number of ether oxygens (including phenoxy) is 1. The standard InChI is InChI=1S/C18H27BrFN3O2/c1-14(5-10-25-2)21-18(24)13-23-8-6-22(7-9-23)12-15-3-4-16(19)11-17(15)20/h3-4,11,14H,5-10,12-13H2,1-2H3,(H,21,24). The largest absolute Gasteiger partial charge is 0.385 e. The molecular formula is C18H27BrFN3O2. The topological polar surface area (TPSA) is 44.8 Å². The first kappa shape index (κ1) is 20.3. The molecule has 2 rings (SSSR count). The molecule has 7 heteroatoms. The Hall–Kier alpha value is -1.02. The summed E-state index contributed by atoms with van der Waals surface area (Å²) >= 11 is 3.28. The van der Waals surface area contributed by atoms with Gasteiger partial charge >= 0.3 is 0 Å². The molecule has 0 aromatic heterocycles. The van der Waals surface area contributed by atoms with Crippen molar-refractivity contribution >= 4 is 21.8 Å². The van der Waals surface area contributed by atoms with Crippen molar-refractivity contribution in [3.8, 4) is 0 Å². The first-order chi connectivity index (χ1) is 12.0. The molecule has 0 aliphatic carbocycles. The van der Waals surface area contributed by atoms with E-state index in [0.29, 0.717) is 25.3 Å². The summed E-state index contributed by atoms with van der Waals surface area (Å²) < 4.78 is 19.7. The minimum Gasteiger partial charge on any atom is -0.385 e. The molecule has 0 spiro atoms. The third-order valence-electron chi connectivity index (χ3n) is 4.40. The molecule has 1 N–H and O–H groups in total. The van der Waals surface area contributed by atoms with Gasteiger partial charge in [-0.15, -0.1) is 0 Å². The number of amides is 1. The maximum absolute atomic E-state index is 13.9. The van der Waals surface area contributed by atoms with E-state index in [1.165, 1.54) is 6.07 Å². The number of rotatable bonds is 8. The van der Waals surface area contributed by atoms with Crippen LogP contribution in [0.25, 0.3) is 0 Å². The van der Waals surface area contributed by atoms with E-state index in [0.717, 1.165) is 37.1 Å². The number of methoxy groups -OCH3 is 1. The molecule has 1 aromatic rings. The van der Waals surface area contributed by atoms with Crippen LogP contribution in [-0.4, -0.2) is 68.2 Å². The van der Waals surface area contributed by atoms with Gasteiger partial charge in [-0.3, -0.25) is 14.6 Å². The number of halogens is 2. The van der Waals surface area contributed by atoms with Crippen molar-refractivity contribution < 1.29 is 13.9 Å². The summed E-state index contributed by atoms with van der Waals surface area (Å²) in [5, 5.41) is 3.00. The van der Waals surface area contributed by atoms with E-state index >= 15 is 0 Å². The Labute approximate surface area is 157 Å². The Bertz CT molecular complexity index is 565. The average Bonchev–Trinajstić information content (AvgIpc) is 2.57. The van der Waals surface area contributed by atoms with E-state index in [2.05, 4.69) is 31.0 Å². The minimum atomic E-state index is -0.179. The first-order valence-electron chi connectivity index (χ1n) is 8.65. The lowest BCUT2D eigenvalue weighted by Gasteiger charge is -2.34. The van der Waals surface area contributed by atoms with E-state index in [-0.39, 0.29) is 17.8 Å². The second-order valence-electron chi connectivity index (χ2n) is 6.54. The van der Waals surface area contributed by atoms with Crippen LogP contribution in [-0.2, 0) is 16.1 Å².